The van der Waals surface area contributed by atoms with E-state index in [2.05, 4.69) is 6.58 Å². The van der Waals surface area contributed by atoms with E-state index in [0.717, 1.165) is 12.0 Å². The Bertz CT molecular complexity index is 234. The number of carboxylic acids is 1. The van der Waals surface area contributed by atoms with Gasteiger partial charge in [-0.05, 0) is 25.0 Å². The Labute approximate surface area is 72.9 Å². The van der Waals surface area contributed by atoms with Gasteiger partial charge in [0.25, 0.3) is 0 Å². The number of aliphatic carboxylic acids is 1. The van der Waals surface area contributed by atoms with E-state index in [1.165, 1.54) is 0 Å². The number of rotatable bonds is 4. The van der Waals surface area contributed by atoms with E-state index in [0.29, 0.717) is 5.57 Å². The highest BCUT2D eigenvalue weighted by Crippen LogP contribution is 2.06. The van der Waals surface area contributed by atoms with Crippen molar-refractivity contribution in [3.63, 3.8) is 0 Å². The van der Waals surface area contributed by atoms with Crippen LogP contribution in [0.4, 0.5) is 0 Å². The van der Waals surface area contributed by atoms with E-state index in [-0.39, 0.29) is 0 Å². The van der Waals surface area contributed by atoms with Gasteiger partial charge in [0, 0.05) is 5.57 Å². The number of allylic oxidation sites excluding steroid dienone is 4. The molecule has 0 amide bonds. The molecule has 0 fully saturated rings. The second kappa shape index (κ2) is 5.35. The predicted octanol–water partition coefficient (Wildman–Crippen LogP) is 2.54. The molecule has 0 atom stereocenters. The van der Waals surface area contributed by atoms with E-state index in [4.69, 9.17) is 5.11 Å². The van der Waals surface area contributed by atoms with Crippen molar-refractivity contribution in [2.45, 2.75) is 20.3 Å². The van der Waals surface area contributed by atoms with Crippen LogP contribution in [0.5, 0.6) is 0 Å². The molecule has 0 rings (SSSR count). The maximum atomic E-state index is 10.4. The molecule has 0 spiro atoms. The summed E-state index contributed by atoms with van der Waals surface area (Å²) in [4.78, 5) is 10.4. The molecule has 66 valence electrons. The zero-order valence-electron chi connectivity index (χ0n) is 7.50. The fourth-order valence-electron chi connectivity index (χ4n) is 0.759. The quantitative estimate of drug-likeness (QED) is 0.514. The molecule has 0 aromatic carbocycles. The summed E-state index contributed by atoms with van der Waals surface area (Å²) in [5, 5.41) is 8.57. The molecule has 0 aromatic heterocycles. The summed E-state index contributed by atoms with van der Waals surface area (Å²) in [7, 11) is 0. The molecule has 2 heteroatoms. The molecule has 0 unspecified atom stereocenters. The Hall–Kier alpha value is -1.31. The Morgan fingerprint density at radius 3 is 2.50 bits per heavy atom. The van der Waals surface area contributed by atoms with E-state index < -0.39 is 5.97 Å². The molecule has 12 heavy (non-hydrogen) atoms. The van der Waals surface area contributed by atoms with Crippen LogP contribution in [-0.2, 0) is 4.79 Å². The minimum absolute atomic E-state index is 0.352. The predicted molar refractivity (Wildman–Crippen MR) is 50.0 cm³/mol. The first-order chi connectivity index (χ1) is 5.61. The van der Waals surface area contributed by atoms with Crippen molar-refractivity contribution in [2.75, 3.05) is 0 Å². The van der Waals surface area contributed by atoms with Crippen LogP contribution < -0.4 is 0 Å². The number of carbonyl (C=O) groups is 1. The van der Waals surface area contributed by atoms with Crippen LogP contribution in [0.15, 0.2) is 36.0 Å². The van der Waals surface area contributed by atoms with Crippen LogP contribution >= 0.6 is 0 Å². The van der Waals surface area contributed by atoms with Gasteiger partial charge in [-0.25, -0.2) is 4.79 Å². The topological polar surface area (TPSA) is 37.3 Å². The van der Waals surface area contributed by atoms with Crippen LogP contribution in [0.3, 0.4) is 0 Å². The van der Waals surface area contributed by atoms with Gasteiger partial charge in [0.15, 0.2) is 0 Å². The van der Waals surface area contributed by atoms with Crippen LogP contribution in [0.1, 0.15) is 20.3 Å². The molecule has 0 aliphatic rings. The first-order valence-corrected chi connectivity index (χ1v) is 3.85. The molecular weight excluding hydrogens is 152 g/mol. The summed E-state index contributed by atoms with van der Waals surface area (Å²) in [6.07, 6.45) is 5.94. The Morgan fingerprint density at radius 2 is 2.17 bits per heavy atom. The average Bonchev–Trinajstić information content (AvgIpc) is 2.03. The molecule has 0 heterocycles. The zero-order valence-corrected chi connectivity index (χ0v) is 7.50. The summed E-state index contributed by atoms with van der Waals surface area (Å²) < 4.78 is 0. The fourth-order valence-corrected chi connectivity index (χ4v) is 0.759. The van der Waals surface area contributed by atoms with Crippen molar-refractivity contribution < 1.29 is 9.90 Å². The van der Waals surface area contributed by atoms with Crippen LogP contribution in [-0.4, -0.2) is 11.1 Å². The summed E-state index contributed by atoms with van der Waals surface area (Å²) in [5.41, 5.74) is 1.33. The third-order valence-corrected chi connectivity index (χ3v) is 1.48. The SMILES string of the molecule is C=CC=C(C=C(C)C(=O)O)CC. The summed E-state index contributed by atoms with van der Waals surface area (Å²) in [5.74, 6) is -0.876. The first kappa shape index (κ1) is 10.7. The van der Waals surface area contributed by atoms with Gasteiger partial charge in [0.2, 0.25) is 0 Å². The lowest BCUT2D eigenvalue weighted by atomic mass is 10.1. The lowest BCUT2D eigenvalue weighted by Gasteiger charge is -1.96. The van der Waals surface area contributed by atoms with Crippen molar-refractivity contribution >= 4 is 5.97 Å². The molecule has 0 aliphatic carbocycles. The van der Waals surface area contributed by atoms with Gasteiger partial charge < -0.3 is 5.11 Å². The lowest BCUT2D eigenvalue weighted by molar-refractivity contribution is -0.132. The second-order valence-electron chi connectivity index (χ2n) is 2.46. The molecule has 0 saturated carbocycles. The summed E-state index contributed by atoms with van der Waals surface area (Å²) in [6, 6.07) is 0. The number of carboxylic acid groups (broad SMARTS) is 1. The highest BCUT2D eigenvalue weighted by atomic mass is 16.4. The van der Waals surface area contributed by atoms with Gasteiger partial charge in [-0.15, -0.1) is 0 Å². The smallest absolute Gasteiger partial charge is 0.331 e. The van der Waals surface area contributed by atoms with E-state index >= 15 is 0 Å². The Kier molecular flexibility index (Phi) is 4.77. The molecule has 0 bridgehead atoms. The van der Waals surface area contributed by atoms with E-state index in [9.17, 15) is 4.79 Å². The van der Waals surface area contributed by atoms with Crippen molar-refractivity contribution in [1.82, 2.24) is 0 Å². The maximum absolute atomic E-state index is 10.4. The Morgan fingerprint density at radius 1 is 1.58 bits per heavy atom. The van der Waals surface area contributed by atoms with Gasteiger partial charge in [0.05, 0.1) is 0 Å². The standard InChI is InChI=1S/C10H14O2/c1-4-6-9(5-2)7-8(3)10(11)12/h4,6-7H,1,5H2,2-3H3,(H,11,12). The minimum Gasteiger partial charge on any atom is -0.478 e. The van der Waals surface area contributed by atoms with E-state index in [1.807, 2.05) is 13.0 Å². The molecule has 0 saturated heterocycles. The minimum atomic E-state index is -0.876. The van der Waals surface area contributed by atoms with Gasteiger partial charge in [-0.2, -0.15) is 0 Å². The van der Waals surface area contributed by atoms with Crippen LogP contribution in [0.2, 0.25) is 0 Å². The molecule has 1 N–H and O–H groups in total. The summed E-state index contributed by atoms with van der Waals surface area (Å²) >= 11 is 0. The van der Waals surface area contributed by atoms with E-state index in [1.54, 1.807) is 19.1 Å². The van der Waals surface area contributed by atoms with Gasteiger partial charge in [0.1, 0.15) is 0 Å². The zero-order chi connectivity index (χ0) is 9.56. The average molecular weight is 166 g/mol. The third-order valence-electron chi connectivity index (χ3n) is 1.48. The van der Waals surface area contributed by atoms with Crippen molar-refractivity contribution in [3.05, 3.63) is 36.0 Å². The first-order valence-electron chi connectivity index (χ1n) is 3.85. The lowest BCUT2D eigenvalue weighted by Crippen LogP contribution is -1.96. The molecule has 0 aliphatic heterocycles. The number of hydrogen-bond donors (Lipinski definition) is 1. The second-order valence-corrected chi connectivity index (χ2v) is 2.46. The maximum Gasteiger partial charge on any atom is 0.331 e. The van der Waals surface area contributed by atoms with Crippen molar-refractivity contribution in [3.8, 4) is 0 Å². The largest absolute Gasteiger partial charge is 0.478 e. The normalized spacial score (nSPS) is 12.8. The highest BCUT2D eigenvalue weighted by Gasteiger charge is 1.99. The number of hydrogen-bond acceptors (Lipinski definition) is 1. The monoisotopic (exact) mass is 166 g/mol. The van der Waals surface area contributed by atoms with Crippen LogP contribution in [0, 0.1) is 0 Å². The summed E-state index contributed by atoms with van der Waals surface area (Å²) in [6.45, 7) is 7.10. The highest BCUT2D eigenvalue weighted by molar-refractivity contribution is 5.86. The van der Waals surface area contributed by atoms with Gasteiger partial charge in [-0.1, -0.05) is 25.7 Å². The molecule has 2 nitrogen and oxygen atoms in total. The fraction of sp³-hybridized carbons (Fsp3) is 0.300. The van der Waals surface area contributed by atoms with Crippen LogP contribution in [0.25, 0.3) is 0 Å². The molecular formula is C10H14O2. The Balaban J connectivity index is 4.57. The molecule has 0 radical (unpaired) electrons. The van der Waals surface area contributed by atoms with Gasteiger partial charge >= 0.3 is 5.97 Å². The van der Waals surface area contributed by atoms with Crippen molar-refractivity contribution in [1.29, 1.82) is 0 Å². The van der Waals surface area contributed by atoms with Gasteiger partial charge in [-0.3, -0.25) is 0 Å². The van der Waals surface area contributed by atoms with Crippen molar-refractivity contribution in [2.24, 2.45) is 0 Å². The third kappa shape index (κ3) is 3.76. The molecule has 0 aromatic rings.